The zero-order chi connectivity index (χ0) is 16.9. The van der Waals surface area contributed by atoms with Gasteiger partial charge < -0.3 is 9.80 Å². The molecule has 0 bridgehead atoms. The number of carbonyl (C=O) groups excluding carboxylic acids is 1. The fourth-order valence-corrected chi connectivity index (χ4v) is 3.22. The summed E-state index contributed by atoms with van der Waals surface area (Å²) in [6.45, 7) is 2.47. The van der Waals surface area contributed by atoms with E-state index in [-0.39, 0.29) is 11.9 Å². The number of likely N-dealkylation sites (N-methyl/N-ethyl adjacent to an activating group) is 1. The number of amides is 1. The Labute approximate surface area is 148 Å². The lowest BCUT2D eigenvalue weighted by Crippen LogP contribution is -2.48. The molecule has 1 heterocycles. The van der Waals surface area contributed by atoms with E-state index in [0.29, 0.717) is 5.02 Å². The Balaban J connectivity index is 1.79. The molecule has 2 aromatic rings. The van der Waals surface area contributed by atoms with Crippen molar-refractivity contribution in [2.75, 3.05) is 26.7 Å². The van der Waals surface area contributed by atoms with Crippen LogP contribution in [0.4, 0.5) is 0 Å². The van der Waals surface area contributed by atoms with Gasteiger partial charge in [-0.05, 0) is 36.4 Å². The topological polar surface area (TPSA) is 23.6 Å². The summed E-state index contributed by atoms with van der Waals surface area (Å²) in [7, 11) is 2.10. The second kappa shape index (κ2) is 7.65. The van der Waals surface area contributed by atoms with Gasteiger partial charge >= 0.3 is 0 Å². The van der Waals surface area contributed by atoms with Gasteiger partial charge in [0.1, 0.15) is 0 Å². The Morgan fingerprint density at radius 2 is 1.92 bits per heavy atom. The average molecular weight is 341 g/mol. The fraction of sp³-hybridized carbons (Fsp3) is 0.250. The number of rotatable bonds is 3. The Bertz CT molecular complexity index is 729. The van der Waals surface area contributed by atoms with Gasteiger partial charge in [-0.25, -0.2) is 0 Å². The molecule has 0 saturated carbocycles. The van der Waals surface area contributed by atoms with E-state index in [2.05, 4.69) is 24.1 Å². The Kier molecular flexibility index (Phi) is 5.34. The summed E-state index contributed by atoms with van der Waals surface area (Å²) in [6.07, 6.45) is 3.47. The first kappa shape index (κ1) is 16.7. The Morgan fingerprint density at radius 1 is 1.12 bits per heavy atom. The third kappa shape index (κ3) is 4.05. The van der Waals surface area contributed by atoms with Crippen LogP contribution >= 0.6 is 11.6 Å². The maximum atomic E-state index is 12.7. The minimum atomic E-state index is 0.0388. The normalized spacial score (nSPS) is 18.9. The van der Waals surface area contributed by atoms with Crippen LogP contribution in [0.1, 0.15) is 17.2 Å². The first-order valence-electron chi connectivity index (χ1n) is 8.11. The van der Waals surface area contributed by atoms with Crippen LogP contribution in [-0.4, -0.2) is 42.4 Å². The molecular formula is C20H21ClN2O. The molecule has 24 heavy (non-hydrogen) atoms. The second-order valence-corrected chi connectivity index (χ2v) is 6.55. The summed E-state index contributed by atoms with van der Waals surface area (Å²) in [5.74, 6) is 0.0388. The predicted octanol–water partition coefficient (Wildman–Crippen LogP) is 3.87. The monoisotopic (exact) mass is 340 g/mol. The zero-order valence-corrected chi connectivity index (χ0v) is 14.5. The molecule has 0 N–H and O–H groups in total. The van der Waals surface area contributed by atoms with E-state index in [1.165, 1.54) is 5.56 Å². The van der Waals surface area contributed by atoms with Crippen molar-refractivity contribution in [2.24, 2.45) is 0 Å². The number of nitrogens with zero attached hydrogens (tertiary/aromatic N) is 2. The van der Waals surface area contributed by atoms with Crippen LogP contribution in [0.5, 0.6) is 0 Å². The Morgan fingerprint density at radius 3 is 2.67 bits per heavy atom. The van der Waals surface area contributed by atoms with Gasteiger partial charge in [-0.2, -0.15) is 0 Å². The molecule has 0 radical (unpaired) electrons. The molecule has 2 aromatic carbocycles. The van der Waals surface area contributed by atoms with E-state index in [1.54, 1.807) is 6.08 Å². The lowest BCUT2D eigenvalue weighted by molar-refractivity contribution is -0.130. The molecule has 3 nitrogen and oxygen atoms in total. The molecule has 1 fully saturated rings. The molecule has 1 atom stereocenters. The number of halogens is 1. The third-order valence-electron chi connectivity index (χ3n) is 4.32. The van der Waals surface area contributed by atoms with E-state index >= 15 is 0 Å². The summed E-state index contributed by atoms with van der Waals surface area (Å²) < 4.78 is 0. The van der Waals surface area contributed by atoms with E-state index in [4.69, 9.17) is 11.6 Å². The lowest BCUT2D eigenvalue weighted by atomic mass is 10.0. The van der Waals surface area contributed by atoms with Gasteiger partial charge in [-0.1, -0.05) is 54.1 Å². The van der Waals surface area contributed by atoms with Gasteiger partial charge in [0.25, 0.3) is 0 Å². The molecule has 0 aliphatic carbocycles. The SMILES string of the molecule is CN1CCN(C(=O)/C=C/c2cccc(Cl)c2)C(c2ccccc2)C1. The van der Waals surface area contributed by atoms with Crippen LogP contribution in [0, 0.1) is 0 Å². The van der Waals surface area contributed by atoms with Crippen LogP contribution < -0.4 is 0 Å². The van der Waals surface area contributed by atoms with E-state index < -0.39 is 0 Å². The van der Waals surface area contributed by atoms with Crippen LogP contribution in [0.15, 0.2) is 60.7 Å². The smallest absolute Gasteiger partial charge is 0.247 e. The first-order chi connectivity index (χ1) is 11.6. The highest BCUT2D eigenvalue weighted by Gasteiger charge is 2.28. The molecule has 1 aliphatic heterocycles. The predicted molar refractivity (Wildman–Crippen MR) is 98.9 cm³/mol. The van der Waals surface area contributed by atoms with Crippen LogP contribution in [0.3, 0.4) is 0 Å². The summed E-state index contributed by atoms with van der Waals surface area (Å²) in [4.78, 5) is 17.0. The van der Waals surface area contributed by atoms with Crippen molar-refractivity contribution in [1.29, 1.82) is 0 Å². The number of hydrogen-bond acceptors (Lipinski definition) is 2. The van der Waals surface area contributed by atoms with Crippen molar-refractivity contribution in [2.45, 2.75) is 6.04 Å². The van der Waals surface area contributed by atoms with Crippen molar-refractivity contribution in [3.63, 3.8) is 0 Å². The van der Waals surface area contributed by atoms with Crippen LogP contribution in [0.25, 0.3) is 6.08 Å². The molecule has 4 heteroatoms. The van der Waals surface area contributed by atoms with Crippen molar-refractivity contribution in [3.8, 4) is 0 Å². The third-order valence-corrected chi connectivity index (χ3v) is 4.55. The van der Waals surface area contributed by atoms with Crippen molar-refractivity contribution < 1.29 is 4.79 Å². The quantitative estimate of drug-likeness (QED) is 0.792. The molecule has 1 aliphatic rings. The van der Waals surface area contributed by atoms with Crippen molar-refractivity contribution >= 4 is 23.6 Å². The molecule has 124 valence electrons. The van der Waals surface area contributed by atoms with Gasteiger partial charge in [0, 0.05) is 30.7 Å². The number of hydrogen-bond donors (Lipinski definition) is 0. The summed E-state index contributed by atoms with van der Waals surface area (Å²) >= 11 is 5.99. The molecule has 1 unspecified atom stereocenters. The van der Waals surface area contributed by atoms with Crippen molar-refractivity contribution in [3.05, 3.63) is 76.8 Å². The highest BCUT2D eigenvalue weighted by molar-refractivity contribution is 6.30. The molecule has 0 aromatic heterocycles. The van der Waals surface area contributed by atoms with Gasteiger partial charge in [0.2, 0.25) is 5.91 Å². The summed E-state index contributed by atoms with van der Waals surface area (Å²) in [5, 5.41) is 0.673. The Hall–Kier alpha value is -2.10. The molecule has 3 rings (SSSR count). The number of carbonyl (C=O) groups is 1. The van der Waals surface area contributed by atoms with E-state index in [9.17, 15) is 4.79 Å². The van der Waals surface area contributed by atoms with E-state index in [0.717, 1.165) is 25.2 Å². The second-order valence-electron chi connectivity index (χ2n) is 6.11. The van der Waals surface area contributed by atoms with Crippen LogP contribution in [-0.2, 0) is 4.79 Å². The van der Waals surface area contributed by atoms with Crippen molar-refractivity contribution in [1.82, 2.24) is 9.80 Å². The minimum absolute atomic E-state index is 0.0388. The van der Waals surface area contributed by atoms with Crippen LogP contribution in [0.2, 0.25) is 5.02 Å². The molecule has 0 spiro atoms. The zero-order valence-electron chi connectivity index (χ0n) is 13.7. The number of benzene rings is 2. The molecule has 1 saturated heterocycles. The standard InChI is InChI=1S/C20H21ClN2O/c1-22-12-13-23(19(15-22)17-7-3-2-4-8-17)20(24)11-10-16-6-5-9-18(21)14-16/h2-11,14,19H,12-13,15H2,1H3/b11-10+. The number of piperazine rings is 1. The van der Waals surface area contributed by atoms with Gasteiger partial charge in [0.15, 0.2) is 0 Å². The van der Waals surface area contributed by atoms with E-state index in [1.807, 2.05) is 53.4 Å². The fourth-order valence-electron chi connectivity index (χ4n) is 3.02. The average Bonchev–Trinajstić information content (AvgIpc) is 2.60. The first-order valence-corrected chi connectivity index (χ1v) is 8.49. The maximum absolute atomic E-state index is 12.7. The highest BCUT2D eigenvalue weighted by atomic mass is 35.5. The minimum Gasteiger partial charge on any atom is -0.330 e. The lowest BCUT2D eigenvalue weighted by Gasteiger charge is -2.39. The maximum Gasteiger partial charge on any atom is 0.247 e. The summed E-state index contributed by atoms with van der Waals surface area (Å²) in [6, 6.07) is 17.8. The van der Waals surface area contributed by atoms with Gasteiger partial charge in [-0.3, -0.25) is 4.79 Å². The molecular weight excluding hydrogens is 320 g/mol. The summed E-state index contributed by atoms with van der Waals surface area (Å²) in [5.41, 5.74) is 2.11. The van der Waals surface area contributed by atoms with Gasteiger partial charge in [-0.15, -0.1) is 0 Å². The molecule has 1 amide bonds. The largest absolute Gasteiger partial charge is 0.330 e. The highest BCUT2D eigenvalue weighted by Crippen LogP contribution is 2.25. The van der Waals surface area contributed by atoms with Gasteiger partial charge in [0.05, 0.1) is 6.04 Å².